The van der Waals surface area contributed by atoms with Crippen molar-refractivity contribution in [3.05, 3.63) is 0 Å². The smallest absolute Gasteiger partial charge is 0.312 e. The third-order valence-electron chi connectivity index (χ3n) is 9.12. The quantitative estimate of drug-likeness (QED) is 0.0695. The van der Waals surface area contributed by atoms with E-state index in [9.17, 15) is 19.2 Å². The average Bonchev–Trinajstić information content (AvgIpc) is 2.89. The van der Waals surface area contributed by atoms with Crippen molar-refractivity contribution < 1.29 is 51.8 Å². The van der Waals surface area contributed by atoms with E-state index in [1.54, 1.807) is 27.7 Å². The highest BCUT2D eigenvalue weighted by molar-refractivity contribution is 5.81. The Morgan fingerprint density at radius 3 is 1.00 bits per heavy atom. The lowest BCUT2D eigenvalue weighted by Crippen LogP contribution is -2.44. The molecule has 2 atom stereocenters. The van der Waals surface area contributed by atoms with Crippen molar-refractivity contribution in [1.29, 1.82) is 0 Å². The van der Waals surface area contributed by atoms with Gasteiger partial charge in [0.1, 0.15) is 39.5 Å². The maximum Gasteiger partial charge on any atom is 0.312 e. The van der Waals surface area contributed by atoms with Crippen LogP contribution in [0.5, 0.6) is 0 Å². The number of quaternary nitrogens is 2. The fraction of sp³-hybridized carbons (Fsp3) is 0.889. The number of ether oxygens (including phenoxy) is 5. The van der Waals surface area contributed by atoms with Gasteiger partial charge in [0.2, 0.25) is 0 Å². The molecule has 0 saturated heterocycles. The highest BCUT2D eigenvalue weighted by Crippen LogP contribution is 2.42. The highest BCUT2D eigenvalue weighted by Gasteiger charge is 2.47. The number of nitrogens with zero attached hydrogens (tertiary/aromatic N) is 2. The normalized spacial score (nSPS) is 15.5. The van der Waals surface area contributed by atoms with Gasteiger partial charge in [-0.3, -0.25) is 19.2 Å². The first-order valence-corrected chi connectivity index (χ1v) is 17.0. The number of hydrogen-bond acceptors (Lipinski definition) is 9. The Kier molecular flexibility index (Phi) is 17.1. The van der Waals surface area contributed by atoms with Crippen LogP contribution < -0.4 is 0 Å². The number of esters is 4. The van der Waals surface area contributed by atoms with E-state index in [0.717, 1.165) is 0 Å². The maximum absolute atomic E-state index is 13.1. The molecule has 276 valence electrons. The second-order valence-corrected chi connectivity index (χ2v) is 17.4. The summed E-state index contributed by atoms with van der Waals surface area (Å²) in [6, 6.07) is 0. The Morgan fingerprint density at radius 1 is 0.468 bits per heavy atom. The zero-order valence-corrected chi connectivity index (χ0v) is 32.8. The molecule has 0 N–H and O–H groups in total. The van der Waals surface area contributed by atoms with E-state index in [0.29, 0.717) is 35.3 Å². The van der Waals surface area contributed by atoms with Crippen LogP contribution >= 0.6 is 0 Å². The van der Waals surface area contributed by atoms with Crippen molar-refractivity contribution in [2.45, 2.75) is 82.1 Å². The van der Waals surface area contributed by atoms with Crippen molar-refractivity contribution in [1.82, 2.24) is 0 Å². The molecule has 0 saturated carbocycles. The van der Waals surface area contributed by atoms with Gasteiger partial charge in [-0.05, 0) is 66.2 Å². The molecule has 2 unspecified atom stereocenters. The zero-order chi connectivity index (χ0) is 37.1. The molecule has 0 bridgehead atoms. The Hall–Kier alpha value is -2.24. The molecular weight excluding hydrogens is 604 g/mol. The molecule has 0 aromatic carbocycles. The molecule has 11 heteroatoms. The Morgan fingerprint density at radius 2 is 0.745 bits per heavy atom. The van der Waals surface area contributed by atoms with Crippen LogP contribution in [0.4, 0.5) is 0 Å². The summed E-state index contributed by atoms with van der Waals surface area (Å²) in [5.41, 5.74) is -3.58. The number of carbonyl (C=O) groups is 4. The minimum Gasteiger partial charge on any atom is -0.463 e. The first kappa shape index (κ1) is 44.8. The van der Waals surface area contributed by atoms with Crippen LogP contribution in [0.2, 0.25) is 0 Å². The summed E-state index contributed by atoms with van der Waals surface area (Å²) in [6.45, 7) is 20.9. The van der Waals surface area contributed by atoms with Crippen LogP contribution in [0.15, 0.2) is 0 Å². The van der Waals surface area contributed by atoms with E-state index >= 15 is 0 Å². The minimum atomic E-state index is -0.929. The van der Waals surface area contributed by atoms with Gasteiger partial charge in [0.15, 0.2) is 0 Å². The number of carbonyl (C=O) groups excluding carboxylic acids is 4. The van der Waals surface area contributed by atoms with Crippen LogP contribution in [0.1, 0.15) is 82.1 Å². The van der Waals surface area contributed by atoms with Gasteiger partial charge in [-0.2, -0.15) is 0 Å². The Bertz CT molecular complexity index is 944. The summed E-state index contributed by atoms with van der Waals surface area (Å²) in [7, 11) is 12.2. The lowest BCUT2D eigenvalue weighted by Gasteiger charge is -2.37. The third-order valence-corrected chi connectivity index (χ3v) is 9.12. The van der Waals surface area contributed by atoms with Gasteiger partial charge in [-0.25, -0.2) is 0 Å². The molecule has 0 aromatic heterocycles. The van der Waals surface area contributed by atoms with Gasteiger partial charge in [0.05, 0.1) is 77.2 Å². The van der Waals surface area contributed by atoms with Gasteiger partial charge in [-0.15, -0.1) is 0 Å². The summed E-state index contributed by atoms with van der Waals surface area (Å²) < 4.78 is 29.2. The fourth-order valence-electron chi connectivity index (χ4n) is 5.04. The molecule has 0 aliphatic heterocycles. The second-order valence-electron chi connectivity index (χ2n) is 17.4. The molecule has 0 radical (unpaired) electrons. The Labute approximate surface area is 286 Å². The largest absolute Gasteiger partial charge is 0.463 e. The second kappa shape index (κ2) is 18.0. The van der Waals surface area contributed by atoms with Crippen molar-refractivity contribution in [2.75, 3.05) is 95.0 Å². The molecule has 11 nitrogen and oxygen atoms in total. The van der Waals surface area contributed by atoms with Gasteiger partial charge >= 0.3 is 23.9 Å². The minimum absolute atomic E-state index is 0.0248. The first-order valence-electron chi connectivity index (χ1n) is 17.0. The van der Waals surface area contributed by atoms with Crippen molar-refractivity contribution >= 4 is 23.9 Å². The highest BCUT2D eigenvalue weighted by atomic mass is 16.6. The lowest BCUT2D eigenvalue weighted by atomic mass is 9.68. The predicted molar refractivity (Wildman–Crippen MR) is 183 cm³/mol. The van der Waals surface area contributed by atoms with Crippen LogP contribution in [0.25, 0.3) is 0 Å². The van der Waals surface area contributed by atoms with Crippen LogP contribution in [-0.4, -0.2) is 128 Å². The lowest BCUT2D eigenvalue weighted by molar-refractivity contribution is -0.870. The van der Waals surface area contributed by atoms with E-state index in [1.807, 2.05) is 83.8 Å². The van der Waals surface area contributed by atoms with Crippen LogP contribution in [-0.2, 0) is 42.9 Å². The van der Waals surface area contributed by atoms with E-state index in [4.69, 9.17) is 23.7 Å². The maximum atomic E-state index is 13.1. The molecule has 0 aliphatic carbocycles. The zero-order valence-electron chi connectivity index (χ0n) is 32.8. The topological polar surface area (TPSA) is 114 Å². The molecule has 0 aliphatic rings. The third kappa shape index (κ3) is 15.7. The molecule has 0 aromatic rings. The summed E-state index contributed by atoms with van der Waals surface area (Å²) in [4.78, 5) is 52.2. The summed E-state index contributed by atoms with van der Waals surface area (Å²) >= 11 is 0. The van der Waals surface area contributed by atoms with Gasteiger partial charge in [-0.1, -0.05) is 27.7 Å². The SMILES string of the molecule is CC(C)C(C)(CC(C)(C)C(=O)OCCOCCOC(=O)C(C)(C)CC(C)(C(=O)OCC[N+](C)(C)C)C(C)C)C(=O)OCC[N+](C)(C)C. The molecular formula is C36H70N2O9+2. The number of rotatable bonds is 22. The number of likely N-dealkylation sites (N-methyl/N-ethyl adjacent to an activating group) is 2. The van der Waals surface area contributed by atoms with Crippen LogP contribution in [0, 0.1) is 33.5 Å². The van der Waals surface area contributed by atoms with E-state index in [2.05, 4.69) is 0 Å². The molecule has 0 heterocycles. The van der Waals surface area contributed by atoms with E-state index in [1.165, 1.54) is 0 Å². The summed E-state index contributed by atoms with van der Waals surface area (Å²) in [6.07, 6.45) is 0.548. The molecule has 0 fully saturated rings. The van der Waals surface area contributed by atoms with Gasteiger partial charge in [0.25, 0.3) is 0 Å². The van der Waals surface area contributed by atoms with E-state index < -0.39 is 33.6 Å². The predicted octanol–water partition coefficient (Wildman–Crippen LogP) is 4.75. The van der Waals surface area contributed by atoms with E-state index in [-0.39, 0.29) is 63.0 Å². The number of hydrogen-bond donors (Lipinski definition) is 0. The molecule has 0 amide bonds. The van der Waals surface area contributed by atoms with Gasteiger partial charge < -0.3 is 32.7 Å². The monoisotopic (exact) mass is 675 g/mol. The standard InChI is InChI=1S/C36H70N2O9/c1-27(2)35(9,31(41)44-19-17-37(11,12)13)25-33(5,6)29(39)46-23-21-43-22-24-47-30(40)34(7,8)26-36(10,28(3)4)32(42)45-20-18-38(14,15)16/h27-28H,17-26H2,1-16H3/q+2. The first-order chi connectivity index (χ1) is 21.1. The van der Waals surface area contributed by atoms with Gasteiger partial charge in [0, 0.05) is 0 Å². The Balaban J connectivity index is 4.84. The van der Waals surface area contributed by atoms with Crippen molar-refractivity contribution in [2.24, 2.45) is 33.5 Å². The van der Waals surface area contributed by atoms with Crippen molar-refractivity contribution in [3.63, 3.8) is 0 Å². The summed E-state index contributed by atoms with van der Waals surface area (Å²) in [5, 5.41) is 0. The molecule has 47 heavy (non-hydrogen) atoms. The van der Waals surface area contributed by atoms with Crippen LogP contribution in [0.3, 0.4) is 0 Å². The molecule has 0 rings (SSSR count). The molecule has 0 spiro atoms. The average molecular weight is 675 g/mol. The fourth-order valence-corrected chi connectivity index (χ4v) is 5.04. The van der Waals surface area contributed by atoms with Crippen molar-refractivity contribution in [3.8, 4) is 0 Å². The summed E-state index contributed by atoms with van der Waals surface area (Å²) in [5.74, 6) is -1.57.